The minimum Gasteiger partial charge on any atom is -0.467 e. The summed E-state index contributed by atoms with van der Waals surface area (Å²) in [6, 6.07) is 6.52. The van der Waals surface area contributed by atoms with Crippen molar-refractivity contribution in [2.24, 2.45) is 0 Å². The van der Waals surface area contributed by atoms with Crippen molar-refractivity contribution in [3.8, 4) is 0 Å². The highest BCUT2D eigenvalue weighted by Crippen LogP contribution is 2.10. The summed E-state index contributed by atoms with van der Waals surface area (Å²) in [6.07, 6.45) is 2.60. The second-order valence-corrected chi connectivity index (χ2v) is 6.17. The number of carbonyl (C=O) groups excluding carboxylic acids is 3. The summed E-state index contributed by atoms with van der Waals surface area (Å²) >= 11 is 0. The van der Waals surface area contributed by atoms with Gasteiger partial charge in [-0.25, -0.2) is 4.79 Å². The Morgan fingerprint density at radius 3 is 2.61 bits per heavy atom. The third-order valence-corrected chi connectivity index (χ3v) is 4.34. The molecule has 0 atom stereocenters. The van der Waals surface area contributed by atoms with Gasteiger partial charge >= 0.3 is 6.09 Å². The van der Waals surface area contributed by atoms with E-state index in [2.05, 4.69) is 10.3 Å². The Kier molecular flexibility index (Phi) is 6.25. The molecule has 1 saturated heterocycles. The van der Waals surface area contributed by atoms with E-state index in [0.717, 1.165) is 0 Å². The van der Waals surface area contributed by atoms with Crippen LogP contribution < -0.4 is 5.32 Å². The quantitative estimate of drug-likeness (QED) is 0.835. The predicted molar refractivity (Wildman–Crippen MR) is 98.6 cm³/mol. The first-order chi connectivity index (χ1) is 13.6. The Morgan fingerprint density at radius 1 is 1.18 bits per heavy atom. The average molecular weight is 386 g/mol. The number of rotatable bonds is 5. The molecule has 2 aromatic rings. The molecule has 0 radical (unpaired) electrons. The zero-order valence-electron chi connectivity index (χ0n) is 15.6. The topological polar surface area (TPSA) is 105 Å². The van der Waals surface area contributed by atoms with Crippen LogP contribution in [0.2, 0.25) is 0 Å². The smallest absolute Gasteiger partial charge is 0.409 e. The molecule has 3 rings (SSSR count). The van der Waals surface area contributed by atoms with Crippen molar-refractivity contribution in [3.63, 3.8) is 0 Å². The van der Waals surface area contributed by atoms with Crippen LogP contribution in [0.4, 0.5) is 4.79 Å². The fourth-order valence-electron chi connectivity index (χ4n) is 2.84. The molecule has 0 saturated carbocycles. The number of ether oxygens (including phenoxy) is 1. The Bertz CT molecular complexity index is 829. The number of amides is 3. The summed E-state index contributed by atoms with van der Waals surface area (Å²) < 4.78 is 10.2. The first-order valence-electron chi connectivity index (χ1n) is 9.06. The molecule has 0 unspecified atom stereocenters. The fourth-order valence-corrected chi connectivity index (χ4v) is 2.84. The molecule has 0 aliphatic carbocycles. The molecule has 28 heavy (non-hydrogen) atoms. The Balaban J connectivity index is 1.58. The van der Waals surface area contributed by atoms with Crippen LogP contribution in [-0.2, 0) is 11.3 Å². The van der Waals surface area contributed by atoms with Gasteiger partial charge in [0.2, 0.25) is 0 Å². The fraction of sp³-hybridized carbons (Fsp3) is 0.368. The summed E-state index contributed by atoms with van der Waals surface area (Å²) in [5.74, 6) is 0.0438. The second kappa shape index (κ2) is 9.03. The van der Waals surface area contributed by atoms with E-state index in [9.17, 15) is 14.4 Å². The molecule has 0 aromatic carbocycles. The van der Waals surface area contributed by atoms with Crippen molar-refractivity contribution >= 4 is 17.9 Å². The van der Waals surface area contributed by atoms with Gasteiger partial charge in [0.15, 0.2) is 0 Å². The number of pyridine rings is 1. The largest absolute Gasteiger partial charge is 0.467 e. The van der Waals surface area contributed by atoms with Crippen LogP contribution in [0.5, 0.6) is 0 Å². The minimum absolute atomic E-state index is 0.190. The molecular weight excluding hydrogens is 364 g/mol. The molecule has 1 fully saturated rings. The van der Waals surface area contributed by atoms with Crippen LogP contribution in [0.1, 0.15) is 33.5 Å². The van der Waals surface area contributed by atoms with Crippen molar-refractivity contribution in [2.75, 3.05) is 32.8 Å². The van der Waals surface area contributed by atoms with Crippen LogP contribution in [0, 0.1) is 0 Å². The molecule has 1 aliphatic heterocycles. The first-order valence-corrected chi connectivity index (χ1v) is 9.06. The van der Waals surface area contributed by atoms with E-state index >= 15 is 0 Å². The van der Waals surface area contributed by atoms with E-state index in [1.165, 1.54) is 18.5 Å². The minimum atomic E-state index is -0.372. The number of nitrogens with one attached hydrogen (secondary N) is 1. The Morgan fingerprint density at radius 2 is 1.93 bits per heavy atom. The van der Waals surface area contributed by atoms with Crippen LogP contribution in [-0.4, -0.2) is 65.5 Å². The highest BCUT2D eigenvalue weighted by Gasteiger charge is 2.26. The van der Waals surface area contributed by atoms with Gasteiger partial charge in [-0.15, -0.1) is 0 Å². The monoisotopic (exact) mass is 386 g/mol. The zero-order valence-corrected chi connectivity index (χ0v) is 15.6. The summed E-state index contributed by atoms with van der Waals surface area (Å²) in [5, 5.41) is 2.73. The maximum atomic E-state index is 12.7. The van der Waals surface area contributed by atoms with Gasteiger partial charge < -0.3 is 24.3 Å². The van der Waals surface area contributed by atoms with Gasteiger partial charge in [0.25, 0.3) is 11.8 Å². The molecule has 9 heteroatoms. The third-order valence-electron chi connectivity index (χ3n) is 4.34. The van der Waals surface area contributed by atoms with Crippen molar-refractivity contribution in [2.45, 2.75) is 13.5 Å². The summed E-state index contributed by atoms with van der Waals surface area (Å²) in [7, 11) is 0. The van der Waals surface area contributed by atoms with Crippen molar-refractivity contribution in [3.05, 3.63) is 53.7 Å². The van der Waals surface area contributed by atoms with E-state index in [1.54, 1.807) is 34.9 Å². The number of furan rings is 1. The zero-order chi connectivity index (χ0) is 19.9. The molecule has 1 N–H and O–H groups in total. The second-order valence-electron chi connectivity index (χ2n) is 6.17. The van der Waals surface area contributed by atoms with Gasteiger partial charge in [0.1, 0.15) is 11.5 Å². The number of hydrogen-bond donors (Lipinski definition) is 1. The highest BCUT2D eigenvalue weighted by atomic mass is 16.6. The highest BCUT2D eigenvalue weighted by molar-refractivity contribution is 5.98. The van der Waals surface area contributed by atoms with Crippen molar-refractivity contribution < 1.29 is 23.5 Å². The maximum absolute atomic E-state index is 12.7. The van der Waals surface area contributed by atoms with Crippen LogP contribution in [0.25, 0.3) is 0 Å². The normalized spacial score (nSPS) is 13.9. The van der Waals surface area contributed by atoms with Gasteiger partial charge in [0.05, 0.1) is 19.4 Å². The molecule has 148 valence electrons. The molecule has 3 heterocycles. The molecular formula is C19H22N4O5. The lowest BCUT2D eigenvalue weighted by Crippen LogP contribution is -2.50. The average Bonchev–Trinajstić information content (AvgIpc) is 3.25. The molecule has 3 amide bonds. The van der Waals surface area contributed by atoms with Gasteiger partial charge in [-0.3, -0.25) is 14.6 Å². The standard InChI is InChI=1S/C19H22N4O5/c1-2-27-19(26)23-9-7-22(8-10-23)18(25)16-12-14(5-6-20-16)17(24)21-13-15-4-3-11-28-15/h3-6,11-12H,2,7-10,13H2,1H3,(H,21,24). The molecule has 9 nitrogen and oxygen atoms in total. The van der Waals surface area contributed by atoms with E-state index in [4.69, 9.17) is 9.15 Å². The maximum Gasteiger partial charge on any atom is 0.409 e. The summed E-state index contributed by atoms with van der Waals surface area (Å²) in [5.41, 5.74) is 0.533. The van der Waals surface area contributed by atoms with Crippen molar-refractivity contribution in [1.82, 2.24) is 20.1 Å². The number of hydrogen-bond acceptors (Lipinski definition) is 6. The lowest BCUT2D eigenvalue weighted by atomic mass is 10.2. The van der Waals surface area contributed by atoms with Gasteiger partial charge in [0, 0.05) is 37.9 Å². The van der Waals surface area contributed by atoms with E-state index in [1.807, 2.05) is 0 Å². The van der Waals surface area contributed by atoms with E-state index < -0.39 is 0 Å². The first kappa shape index (κ1) is 19.4. The van der Waals surface area contributed by atoms with Crippen LogP contribution >= 0.6 is 0 Å². The molecule has 1 aliphatic rings. The predicted octanol–water partition coefficient (Wildman–Crippen LogP) is 1.52. The van der Waals surface area contributed by atoms with Gasteiger partial charge in [-0.1, -0.05) is 0 Å². The molecule has 0 spiro atoms. The molecule has 0 bridgehead atoms. The van der Waals surface area contributed by atoms with Gasteiger partial charge in [-0.05, 0) is 31.2 Å². The summed E-state index contributed by atoms with van der Waals surface area (Å²) in [6.45, 7) is 3.88. The van der Waals surface area contributed by atoms with Gasteiger partial charge in [-0.2, -0.15) is 0 Å². The van der Waals surface area contributed by atoms with Crippen LogP contribution in [0.3, 0.4) is 0 Å². The van der Waals surface area contributed by atoms with E-state index in [0.29, 0.717) is 44.1 Å². The van der Waals surface area contributed by atoms with E-state index in [-0.39, 0.29) is 30.1 Å². The number of nitrogens with zero attached hydrogens (tertiary/aromatic N) is 3. The summed E-state index contributed by atoms with van der Waals surface area (Å²) in [4.78, 5) is 44.0. The number of carbonyl (C=O) groups is 3. The molecule has 2 aromatic heterocycles. The van der Waals surface area contributed by atoms with Crippen molar-refractivity contribution in [1.29, 1.82) is 0 Å². The third kappa shape index (κ3) is 4.67. The SMILES string of the molecule is CCOC(=O)N1CCN(C(=O)c2cc(C(=O)NCc3ccco3)ccn2)CC1. The Hall–Kier alpha value is -3.36. The number of piperazine rings is 1. The number of aromatic nitrogens is 1. The van der Waals surface area contributed by atoms with Crippen LogP contribution in [0.15, 0.2) is 41.1 Å². The lowest BCUT2D eigenvalue weighted by Gasteiger charge is -2.33. The Labute approximate surface area is 162 Å². The lowest BCUT2D eigenvalue weighted by molar-refractivity contribution is 0.0566.